The average molecular weight is 536 g/mol. The van der Waals surface area contributed by atoms with Crippen LogP contribution in [0.25, 0.3) is 0 Å². The summed E-state index contributed by atoms with van der Waals surface area (Å²) in [5.74, 6) is -0.420. The van der Waals surface area contributed by atoms with Gasteiger partial charge in [0.15, 0.2) is 0 Å². The van der Waals surface area contributed by atoms with Crippen LogP contribution in [0.5, 0.6) is 0 Å². The third kappa shape index (κ3) is 8.52. The number of unbranched alkanes of at least 4 members (excludes halogenated alkanes) is 1. The molecule has 198 valence electrons. The molecule has 0 bridgehead atoms. The molecule has 0 radical (unpaired) electrons. The van der Waals surface area contributed by atoms with Crippen LogP contribution in [-0.4, -0.2) is 50.5 Å². The van der Waals surface area contributed by atoms with Crippen molar-refractivity contribution in [2.75, 3.05) is 23.7 Å². The Morgan fingerprint density at radius 1 is 1.06 bits per heavy atom. The Kier molecular flexibility index (Phi) is 11.2. The van der Waals surface area contributed by atoms with E-state index in [1.807, 2.05) is 45.0 Å². The Morgan fingerprint density at radius 3 is 2.33 bits per heavy atom. The number of hydrogen-bond donors (Lipinski definition) is 1. The Balaban J connectivity index is 2.17. The van der Waals surface area contributed by atoms with Crippen LogP contribution in [-0.2, 0) is 26.2 Å². The van der Waals surface area contributed by atoms with Crippen molar-refractivity contribution in [3.63, 3.8) is 0 Å². The molecular weight excluding hydrogens is 498 g/mol. The van der Waals surface area contributed by atoms with Gasteiger partial charge in [-0.2, -0.15) is 0 Å². The van der Waals surface area contributed by atoms with Crippen LogP contribution in [0.2, 0.25) is 5.02 Å². The lowest BCUT2D eigenvalue weighted by Crippen LogP contribution is -2.48. The molecule has 0 heterocycles. The largest absolute Gasteiger partial charge is 0.354 e. The number of aryl methyl sites for hydroxylation is 1. The monoisotopic (exact) mass is 535 g/mol. The molecule has 0 unspecified atom stereocenters. The predicted molar refractivity (Wildman–Crippen MR) is 147 cm³/mol. The molecule has 2 rings (SSSR count). The summed E-state index contributed by atoms with van der Waals surface area (Å²) in [5, 5.41) is 3.49. The second kappa shape index (κ2) is 13.7. The first-order valence-corrected chi connectivity index (χ1v) is 14.5. The van der Waals surface area contributed by atoms with Crippen molar-refractivity contribution >= 4 is 39.1 Å². The van der Waals surface area contributed by atoms with Gasteiger partial charge in [0.05, 0.1) is 11.9 Å². The second-order valence-electron chi connectivity index (χ2n) is 9.13. The summed E-state index contributed by atoms with van der Waals surface area (Å²) in [6.45, 7) is 8.57. The van der Waals surface area contributed by atoms with Crippen molar-refractivity contribution in [2.24, 2.45) is 0 Å². The van der Waals surface area contributed by atoms with Gasteiger partial charge in [-0.1, -0.05) is 49.2 Å². The molecule has 0 fully saturated rings. The number of nitrogens with one attached hydrogen (secondary N) is 1. The van der Waals surface area contributed by atoms with Gasteiger partial charge in [0.1, 0.15) is 6.04 Å². The molecular formula is C27H38ClN3O4S. The molecule has 0 spiro atoms. The fourth-order valence-electron chi connectivity index (χ4n) is 3.89. The number of anilines is 1. The number of nitrogens with zero attached hydrogens (tertiary/aromatic N) is 2. The number of amides is 2. The quantitative estimate of drug-likeness (QED) is 0.372. The Labute approximate surface area is 220 Å². The Hall–Kier alpha value is -2.58. The molecule has 2 amide bonds. The van der Waals surface area contributed by atoms with Gasteiger partial charge in [-0.3, -0.25) is 13.9 Å². The van der Waals surface area contributed by atoms with Crippen molar-refractivity contribution in [3.05, 3.63) is 64.2 Å². The van der Waals surface area contributed by atoms with Gasteiger partial charge in [0.25, 0.3) is 0 Å². The maximum absolute atomic E-state index is 13.3. The van der Waals surface area contributed by atoms with E-state index in [-0.39, 0.29) is 31.3 Å². The number of sulfonamides is 1. The average Bonchev–Trinajstić information content (AvgIpc) is 2.82. The van der Waals surface area contributed by atoms with Crippen molar-refractivity contribution in [3.8, 4) is 0 Å². The second-order valence-corrected chi connectivity index (χ2v) is 11.5. The van der Waals surface area contributed by atoms with Crippen LogP contribution >= 0.6 is 11.6 Å². The number of hydrogen-bond acceptors (Lipinski definition) is 4. The minimum Gasteiger partial charge on any atom is -0.354 e. The molecule has 0 aliphatic heterocycles. The Morgan fingerprint density at radius 2 is 1.72 bits per heavy atom. The zero-order valence-electron chi connectivity index (χ0n) is 21.9. The number of carbonyl (C=O) groups excluding carboxylic acids is 2. The summed E-state index contributed by atoms with van der Waals surface area (Å²) in [6, 6.07) is 12.0. The van der Waals surface area contributed by atoms with E-state index in [0.29, 0.717) is 23.7 Å². The molecule has 7 nitrogen and oxygen atoms in total. The molecule has 36 heavy (non-hydrogen) atoms. The number of rotatable bonds is 13. The number of benzene rings is 2. The smallest absolute Gasteiger partial charge is 0.242 e. The lowest BCUT2D eigenvalue weighted by Gasteiger charge is -2.29. The first kappa shape index (κ1) is 29.6. The third-order valence-corrected chi connectivity index (χ3v) is 7.69. The predicted octanol–water partition coefficient (Wildman–Crippen LogP) is 4.84. The highest BCUT2D eigenvalue weighted by molar-refractivity contribution is 7.92. The van der Waals surface area contributed by atoms with Crippen LogP contribution in [0.15, 0.2) is 42.5 Å². The summed E-state index contributed by atoms with van der Waals surface area (Å²) >= 11 is 6.00. The molecule has 0 aromatic heterocycles. The van der Waals surface area contributed by atoms with Gasteiger partial charge < -0.3 is 10.2 Å². The summed E-state index contributed by atoms with van der Waals surface area (Å²) in [5.41, 5.74) is 3.35. The van der Waals surface area contributed by atoms with Crippen molar-refractivity contribution < 1.29 is 18.0 Å². The minimum absolute atomic E-state index is 0.108. The van der Waals surface area contributed by atoms with E-state index < -0.39 is 16.1 Å². The number of halogens is 1. The van der Waals surface area contributed by atoms with E-state index in [9.17, 15) is 18.0 Å². The summed E-state index contributed by atoms with van der Waals surface area (Å²) in [7, 11) is -3.54. The highest BCUT2D eigenvalue weighted by Crippen LogP contribution is 2.25. The van der Waals surface area contributed by atoms with Crippen molar-refractivity contribution in [1.29, 1.82) is 0 Å². The van der Waals surface area contributed by atoms with Crippen molar-refractivity contribution in [2.45, 2.75) is 66.0 Å². The fourth-order valence-corrected chi connectivity index (χ4v) is 5.04. The zero-order chi connectivity index (χ0) is 26.9. The maximum atomic E-state index is 13.3. The van der Waals surface area contributed by atoms with E-state index in [0.717, 1.165) is 29.5 Å². The van der Waals surface area contributed by atoms with E-state index in [1.165, 1.54) is 10.6 Å². The van der Waals surface area contributed by atoms with Gasteiger partial charge in [0, 0.05) is 31.1 Å². The third-order valence-electron chi connectivity index (χ3n) is 6.26. The van der Waals surface area contributed by atoms with Gasteiger partial charge in [-0.05, 0) is 68.5 Å². The van der Waals surface area contributed by atoms with Crippen molar-refractivity contribution in [1.82, 2.24) is 10.2 Å². The molecule has 2 aromatic carbocycles. The van der Waals surface area contributed by atoms with E-state index in [2.05, 4.69) is 5.32 Å². The lowest BCUT2D eigenvalue weighted by atomic mass is 10.1. The van der Waals surface area contributed by atoms with E-state index in [1.54, 1.807) is 30.0 Å². The van der Waals surface area contributed by atoms with E-state index >= 15 is 0 Å². The normalized spacial score (nSPS) is 12.2. The molecule has 1 N–H and O–H groups in total. The van der Waals surface area contributed by atoms with Crippen LogP contribution in [0.4, 0.5) is 5.69 Å². The molecule has 1 atom stereocenters. The topological polar surface area (TPSA) is 86.8 Å². The summed E-state index contributed by atoms with van der Waals surface area (Å²) in [6.07, 6.45) is 3.42. The van der Waals surface area contributed by atoms with Gasteiger partial charge in [-0.15, -0.1) is 0 Å². The summed E-state index contributed by atoms with van der Waals surface area (Å²) in [4.78, 5) is 27.6. The maximum Gasteiger partial charge on any atom is 0.242 e. The standard InChI is InChI=1S/C27H38ClN3O4S/c1-6-7-17-29-27(33)22(4)30(19-23-13-15-24(28)16-14-23)26(32)12-9-18-31(36(5,34)35)25-11-8-10-20(2)21(25)3/h8,10-11,13-16,22H,6-7,9,12,17-19H2,1-5H3,(H,29,33)/t22-/m1/s1. The SMILES string of the molecule is CCCCNC(=O)[C@@H](C)N(Cc1ccc(Cl)cc1)C(=O)CCCN(c1cccc(C)c1C)S(C)(=O)=O. The first-order valence-electron chi connectivity index (χ1n) is 12.3. The molecule has 0 saturated carbocycles. The molecule has 2 aromatic rings. The molecule has 9 heteroatoms. The van der Waals surface area contributed by atoms with Crippen LogP contribution in [0.1, 0.15) is 56.2 Å². The zero-order valence-corrected chi connectivity index (χ0v) is 23.5. The van der Waals surface area contributed by atoms with Gasteiger partial charge in [0.2, 0.25) is 21.8 Å². The van der Waals surface area contributed by atoms with Crippen LogP contribution in [0.3, 0.4) is 0 Å². The van der Waals surface area contributed by atoms with Gasteiger partial charge in [-0.25, -0.2) is 8.42 Å². The highest BCUT2D eigenvalue weighted by Gasteiger charge is 2.27. The number of carbonyl (C=O) groups is 2. The summed E-state index contributed by atoms with van der Waals surface area (Å²) < 4.78 is 26.5. The Bertz CT molecular complexity index is 1140. The highest BCUT2D eigenvalue weighted by atomic mass is 35.5. The molecule has 0 saturated heterocycles. The first-order chi connectivity index (χ1) is 17.0. The van der Waals surface area contributed by atoms with Gasteiger partial charge >= 0.3 is 0 Å². The van der Waals surface area contributed by atoms with Crippen LogP contribution < -0.4 is 9.62 Å². The van der Waals surface area contributed by atoms with Crippen LogP contribution in [0, 0.1) is 13.8 Å². The fraction of sp³-hybridized carbons (Fsp3) is 0.481. The molecule has 0 aliphatic carbocycles. The minimum atomic E-state index is -3.54. The lowest BCUT2D eigenvalue weighted by molar-refractivity contribution is -0.140. The van der Waals surface area contributed by atoms with E-state index in [4.69, 9.17) is 11.6 Å². The molecule has 0 aliphatic rings.